The van der Waals surface area contributed by atoms with E-state index in [0.29, 0.717) is 6.61 Å². The molecule has 1 unspecified atom stereocenters. The lowest BCUT2D eigenvalue weighted by Crippen LogP contribution is -2.40. The molecule has 3 nitrogen and oxygen atoms in total. The number of hydrogen-bond acceptors (Lipinski definition) is 3. The fraction of sp³-hybridized carbons (Fsp3) is 0.647. The van der Waals surface area contributed by atoms with Gasteiger partial charge in [-0.15, -0.1) is 0 Å². The maximum absolute atomic E-state index is 10.1. The number of piperidine rings is 1. The van der Waals surface area contributed by atoms with Crippen molar-refractivity contribution in [3.05, 3.63) is 29.3 Å². The van der Waals surface area contributed by atoms with Gasteiger partial charge in [-0.25, -0.2) is 0 Å². The van der Waals surface area contributed by atoms with Gasteiger partial charge in [0.05, 0.1) is 0 Å². The third kappa shape index (κ3) is 4.50. The summed E-state index contributed by atoms with van der Waals surface area (Å²) in [4.78, 5) is 2.34. The van der Waals surface area contributed by atoms with Gasteiger partial charge in [-0.05, 0) is 62.9 Å². The summed E-state index contributed by atoms with van der Waals surface area (Å²) in [5.74, 6) is 1.71. The standard InChI is InChI=1S/C17H27NO2/c1-13-6-8-18(9-7-13)11-16(19)12-20-17-10-14(2)4-5-15(17)3/h4-5,10,13,16,19H,6-9,11-12H2,1-3H3. The summed E-state index contributed by atoms with van der Waals surface area (Å²) in [5, 5.41) is 10.1. The zero-order valence-electron chi connectivity index (χ0n) is 12.9. The molecule has 0 radical (unpaired) electrons. The summed E-state index contributed by atoms with van der Waals surface area (Å²) in [6.45, 7) is 9.68. The molecule has 1 atom stereocenters. The van der Waals surface area contributed by atoms with E-state index >= 15 is 0 Å². The molecule has 3 heteroatoms. The normalized spacial score (nSPS) is 19.0. The summed E-state index contributed by atoms with van der Waals surface area (Å²) in [6.07, 6.45) is 2.07. The van der Waals surface area contributed by atoms with Gasteiger partial charge in [0.15, 0.2) is 0 Å². The molecular formula is C17H27NO2. The Morgan fingerprint density at radius 3 is 2.70 bits per heavy atom. The van der Waals surface area contributed by atoms with Gasteiger partial charge in [0.25, 0.3) is 0 Å². The van der Waals surface area contributed by atoms with E-state index in [-0.39, 0.29) is 0 Å². The van der Waals surface area contributed by atoms with Crippen LogP contribution in [0.25, 0.3) is 0 Å². The van der Waals surface area contributed by atoms with Gasteiger partial charge in [-0.1, -0.05) is 19.1 Å². The molecule has 20 heavy (non-hydrogen) atoms. The van der Waals surface area contributed by atoms with Crippen molar-refractivity contribution in [3.8, 4) is 5.75 Å². The minimum absolute atomic E-state index is 0.371. The average molecular weight is 277 g/mol. The van der Waals surface area contributed by atoms with E-state index in [9.17, 15) is 5.11 Å². The van der Waals surface area contributed by atoms with Crippen molar-refractivity contribution >= 4 is 0 Å². The Morgan fingerprint density at radius 2 is 2.00 bits per heavy atom. The molecule has 1 aliphatic heterocycles. The van der Waals surface area contributed by atoms with Crippen LogP contribution in [0.2, 0.25) is 0 Å². The van der Waals surface area contributed by atoms with E-state index in [0.717, 1.165) is 36.9 Å². The number of aliphatic hydroxyl groups is 1. The lowest BCUT2D eigenvalue weighted by molar-refractivity contribution is 0.0561. The van der Waals surface area contributed by atoms with Crippen LogP contribution < -0.4 is 4.74 Å². The van der Waals surface area contributed by atoms with Crippen LogP contribution in [0.4, 0.5) is 0 Å². The molecule has 1 N–H and O–H groups in total. The van der Waals surface area contributed by atoms with Crippen LogP contribution in [0, 0.1) is 19.8 Å². The fourth-order valence-electron chi connectivity index (χ4n) is 2.64. The number of ether oxygens (including phenoxy) is 1. The van der Waals surface area contributed by atoms with Crippen LogP contribution in [-0.4, -0.2) is 42.4 Å². The van der Waals surface area contributed by atoms with Crippen molar-refractivity contribution in [2.24, 2.45) is 5.92 Å². The number of β-amino-alcohol motifs (C(OH)–C–C–N with tert-alkyl or cyclic N) is 1. The molecule has 1 fully saturated rings. The molecule has 1 heterocycles. The maximum atomic E-state index is 10.1. The van der Waals surface area contributed by atoms with Crippen LogP contribution in [0.1, 0.15) is 30.9 Å². The second kappa shape index (κ2) is 7.09. The van der Waals surface area contributed by atoms with Gasteiger partial charge >= 0.3 is 0 Å². The smallest absolute Gasteiger partial charge is 0.122 e. The summed E-state index contributed by atoms with van der Waals surface area (Å²) in [5.41, 5.74) is 2.31. The highest BCUT2D eigenvalue weighted by Gasteiger charge is 2.18. The minimum Gasteiger partial charge on any atom is -0.491 e. The summed E-state index contributed by atoms with van der Waals surface area (Å²) < 4.78 is 5.77. The van der Waals surface area contributed by atoms with Gasteiger partial charge < -0.3 is 14.7 Å². The third-order valence-electron chi connectivity index (χ3n) is 4.12. The number of nitrogens with zero attached hydrogens (tertiary/aromatic N) is 1. The van der Waals surface area contributed by atoms with Crippen LogP contribution in [0.5, 0.6) is 5.75 Å². The average Bonchev–Trinajstić information content (AvgIpc) is 2.42. The van der Waals surface area contributed by atoms with Gasteiger partial charge in [-0.3, -0.25) is 0 Å². The van der Waals surface area contributed by atoms with E-state index in [1.807, 2.05) is 13.0 Å². The maximum Gasteiger partial charge on any atom is 0.122 e. The van der Waals surface area contributed by atoms with Crippen molar-refractivity contribution in [2.45, 2.75) is 39.7 Å². The zero-order chi connectivity index (χ0) is 14.5. The highest BCUT2D eigenvalue weighted by molar-refractivity contribution is 5.35. The van der Waals surface area contributed by atoms with Crippen LogP contribution in [0.3, 0.4) is 0 Å². The quantitative estimate of drug-likeness (QED) is 0.898. The Balaban J connectivity index is 1.77. The molecule has 1 aliphatic rings. The number of aryl methyl sites for hydroxylation is 2. The SMILES string of the molecule is Cc1ccc(C)c(OCC(O)CN2CCC(C)CC2)c1. The van der Waals surface area contributed by atoms with Crippen LogP contribution in [-0.2, 0) is 0 Å². The predicted molar refractivity (Wildman–Crippen MR) is 82.3 cm³/mol. The highest BCUT2D eigenvalue weighted by atomic mass is 16.5. The van der Waals surface area contributed by atoms with Gasteiger partial charge in [-0.2, -0.15) is 0 Å². The van der Waals surface area contributed by atoms with Crippen molar-refractivity contribution < 1.29 is 9.84 Å². The topological polar surface area (TPSA) is 32.7 Å². The van der Waals surface area contributed by atoms with Crippen molar-refractivity contribution in [3.63, 3.8) is 0 Å². The monoisotopic (exact) mass is 277 g/mol. The molecule has 0 aliphatic carbocycles. The second-order valence-electron chi connectivity index (χ2n) is 6.22. The molecule has 0 amide bonds. The molecule has 112 valence electrons. The first-order valence-corrected chi connectivity index (χ1v) is 7.65. The Hall–Kier alpha value is -1.06. The van der Waals surface area contributed by atoms with Crippen LogP contribution >= 0.6 is 0 Å². The zero-order valence-corrected chi connectivity index (χ0v) is 12.9. The van der Waals surface area contributed by atoms with E-state index in [4.69, 9.17) is 4.74 Å². The number of likely N-dealkylation sites (tertiary alicyclic amines) is 1. The van der Waals surface area contributed by atoms with Crippen LogP contribution in [0.15, 0.2) is 18.2 Å². The largest absolute Gasteiger partial charge is 0.491 e. The minimum atomic E-state index is -0.414. The molecule has 1 aromatic rings. The predicted octanol–water partition coefficient (Wildman–Crippen LogP) is 2.78. The van der Waals surface area contributed by atoms with Crippen molar-refractivity contribution in [1.29, 1.82) is 0 Å². The molecule has 0 aromatic heterocycles. The van der Waals surface area contributed by atoms with E-state index in [2.05, 4.69) is 30.9 Å². The molecular weight excluding hydrogens is 250 g/mol. The Labute approximate surface area is 122 Å². The van der Waals surface area contributed by atoms with E-state index in [1.54, 1.807) is 0 Å². The number of benzene rings is 1. The van der Waals surface area contributed by atoms with Gasteiger partial charge in [0.1, 0.15) is 18.5 Å². The Kier molecular flexibility index (Phi) is 5.44. The molecule has 1 aromatic carbocycles. The number of hydrogen-bond donors (Lipinski definition) is 1. The Morgan fingerprint density at radius 1 is 1.30 bits per heavy atom. The summed E-state index contributed by atoms with van der Waals surface area (Å²) in [7, 11) is 0. The molecule has 2 rings (SSSR count). The van der Waals surface area contributed by atoms with Crippen molar-refractivity contribution in [1.82, 2.24) is 4.90 Å². The summed E-state index contributed by atoms with van der Waals surface area (Å²) in [6, 6.07) is 6.17. The Bertz CT molecular complexity index is 425. The fourth-order valence-corrected chi connectivity index (χ4v) is 2.64. The van der Waals surface area contributed by atoms with Crippen molar-refractivity contribution in [2.75, 3.05) is 26.2 Å². The molecule has 1 saturated heterocycles. The van der Waals surface area contributed by atoms with E-state index < -0.39 is 6.10 Å². The van der Waals surface area contributed by atoms with E-state index in [1.165, 1.54) is 18.4 Å². The lowest BCUT2D eigenvalue weighted by Gasteiger charge is -2.31. The third-order valence-corrected chi connectivity index (χ3v) is 4.12. The van der Waals surface area contributed by atoms with Gasteiger partial charge in [0, 0.05) is 6.54 Å². The first-order chi connectivity index (χ1) is 9.54. The molecule has 0 bridgehead atoms. The first kappa shape index (κ1) is 15.3. The second-order valence-corrected chi connectivity index (χ2v) is 6.22. The highest BCUT2D eigenvalue weighted by Crippen LogP contribution is 2.20. The molecule has 0 spiro atoms. The number of rotatable bonds is 5. The number of aliphatic hydroxyl groups excluding tert-OH is 1. The first-order valence-electron chi connectivity index (χ1n) is 7.65. The van der Waals surface area contributed by atoms with Gasteiger partial charge in [0.2, 0.25) is 0 Å². The molecule has 0 saturated carbocycles. The lowest BCUT2D eigenvalue weighted by atomic mass is 9.99. The summed E-state index contributed by atoms with van der Waals surface area (Å²) >= 11 is 0.